The number of primary sulfonamides is 1. The minimum atomic E-state index is -3.94. The number of carbonyl (C=O) groups is 2. The first-order chi connectivity index (χ1) is 18.3. The predicted molar refractivity (Wildman–Crippen MR) is 143 cm³/mol. The van der Waals surface area contributed by atoms with Gasteiger partial charge in [-0.3, -0.25) is 9.69 Å². The third kappa shape index (κ3) is 6.04. The summed E-state index contributed by atoms with van der Waals surface area (Å²) in [5, 5.41) is 11.0. The van der Waals surface area contributed by atoms with Gasteiger partial charge in [0.1, 0.15) is 6.10 Å². The van der Waals surface area contributed by atoms with Gasteiger partial charge in [-0.25, -0.2) is 18.4 Å². The van der Waals surface area contributed by atoms with Crippen LogP contribution in [0.15, 0.2) is 83.8 Å². The Hall–Kier alpha value is -3.73. The molecular formula is C28H30N4O5S. The first-order valence-electron chi connectivity index (χ1n) is 12.5. The van der Waals surface area contributed by atoms with Crippen LogP contribution in [0.1, 0.15) is 40.4 Å². The van der Waals surface area contributed by atoms with Crippen LogP contribution in [-0.4, -0.2) is 51.1 Å². The Morgan fingerprint density at radius 2 is 1.63 bits per heavy atom. The Kier molecular flexibility index (Phi) is 7.46. The molecule has 2 amide bonds. The van der Waals surface area contributed by atoms with Crippen LogP contribution in [0.2, 0.25) is 0 Å². The molecule has 198 valence electrons. The number of alkyl carbamates (subject to hydrolysis) is 1. The second-order valence-corrected chi connectivity index (χ2v) is 11.3. The molecule has 0 unspecified atom stereocenters. The number of piperidine rings is 3. The van der Waals surface area contributed by atoms with Crippen LogP contribution in [0.5, 0.6) is 0 Å². The van der Waals surface area contributed by atoms with Crippen molar-refractivity contribution in [3.05, 3.63) is 95.6 Å². The number of carbonyl (C=O) groups excluding carboxylic acids is 2. The quantitative estimate of drug-likeness (QED) is 0.425. The van der Waals surface area contributed by atoms with Crippen LogP contribution in [0.4, 0.5) is 10.5 Å². The zero-order valence-corrected chi connectivity index (χ0v) is 21.6. The van der Waals surface area contributed by atoms with E-state index in [1.54, 1.807) is 18.2 Å². The molecule has 3 aromatic carbocycles. The highest BCUT2D eigenvalue weighted by Gasteiger charge is 2.36. The summed E-state index contributed by atoms with van der Waals surface area (Å²) < 4.78 is 29.2. The number of anilines is 1. The van der Waals surface area contributed by atoms with Crippen molar-refractivity contribution in [1.29, 1.82) is 0 Å². The minimum absolute atomic E-state index is 0.118. The molecule has 2 bridgehead atoms. The van der Waals surface area contributed by atoms with E-state index in [0.717, 1.165) is 43.6 Å². The molecule has 3 heterocycles. The van der Waals surface area contributed by atoms with E-state index in [2.05, 4.69) is 15.5 Å². The third-order valence-corrected chi connectivity index (χ3v) is 8.06. The highest BCUT2D eigenvalue weighted by Crippen LogP contribution is 2.30. The second-order valence-electron chi connectivity index (χ2n) is 9.72. The smallest absolute Gasteiger partial charge is 0.408 e. The van der Waals surface area contributed by atoms with Crippen LogP contribution in [0.3, 0.4) is 0 Å². The number of nitrogens with one attached hydrogen (secondary N) is 2. The van der Waals surface area contributed by atoms with Gasteiger partial charge < -0.3 is 15.4 Å². The van der Waals surface area contributed by atoms with Gasteiger partial charge in [0.05, 0.1) is 10.9 Å². The first-order valence-corrected chi connectivity index (χ1v) is 14.1. The minimum Gasteiger partial charge on any atom is -0.445 e. The van der Waals surface area contributed by atoms with Crippen molar-refractivity contribution >= 4 is 27.7 Å². The molecular weight excluding hydrogens is 504 g/mol. The first kappa shape index (κ1) is 25.9. The summed E-state index contributed by atoms with van der Waals surface area (Å²) in [7, 11) is -3.94. The van der Waals surface area contributed by atoms with Crippen molar-refractivity contribution in [2.24, 2.45) is 11.1 Å². The third-order valence-electron chi connectivity index (χ3n) is 7.15. The van der Waals surface area contributed by atoms with Gasteiger partial charge in [-0.05, 0) is 73.3 Å². The summed E-state index contributed by atoms with van der Waals surface area (Å²) in [6.45, 7) is 2.88. The molecule has 0 aromatic heterocycles. The van der Waals surface area contributed by atoms with Gasteiger partial charge in [0.25, 0.3) is 5.91 Å². The Morgan fingerprint density at radius 3 is 2.32 bits per heavy atom. The molecule has 10 heteroatoms. The van der Waals surface area contributed by atoms with E-state index in [-0.39, 0.29) is 16.6 Å². The normalized spacial score (nSPS) is 21.3. The number of nitrogens with two attached hydrogens (primary N) is 1. The van der Waals surface area contributed by atoms with Crippen LogP contribution in [-0.2, 0) is 14.8 Å². The van der Waals surface area contributed by atoms with Gasteiger partial charge in [-0.15, -0.1) is 0 Å². The molecule has 6 rings (SSSR count). The van der Waals surface area contributed by atoms with Crippen molar-refractivity contribution in [2.45, 2.75) is 29.9 Å². The average Bonchev–Trinajstić information content (AvgIpc) is 2.92. The van der Waals surface area contributed by atoms with E-state index in [1.165, 1.54) is 24.3 Å². The predicted octanol–water partition coefficient (Wildman–Crippen LogP) is 3.50. The zero-order valence-electron chi connectivity index (χ0n) is 20.7. The lowest BCUT2D eigenvalue weighted by Crippen LogP contribution is -2.52. The summed E-state index contributed by atoms with van der Waals surface area (Å²) in [5.74, 6) is -0.0918. The second kappa shape index (κ2) is 10.9. The fraction of sp³-hybridized carbons (Fsp3) is 0.286. The highest BCUT2D eigenvalue weighted by atomic mass is 32.2. The number of ether oxygens (including phenoxy) is 1. The van der Waals surface area contributed by atoms with Crippen LogP contribution < -0.4 is 15.8 Å². The lowest BCUT2D eigenvalue weighted by atomic mass is 9.86. The highest BCUT2D eigenvalue weighted by molar-refractivity contribution is 7.89. The van der Waals surface area contributed by atoms with Crippen molar-refractivity contribution in [1.82, 2.24) is 10.2 Å². The average molecular weight is 535 g/mol. The number of benzene rings is 3. The summed E-state index contributed by atoms with van der Waals surface area (Å²) in [4.78, 5) is 28.1. The van der Waals surface area contributed by atoms with Gasteiger partial charge in [0.15, 0.2) is 0 Å². The van der Waals surface area contributed by atoms with Crippen LogP contribution in [0.25, 0.3) is 0 Å². The molecule has 0 radical (unpaired) electrons. The van der Waals surface area contributed by atoms with E-state index < -0.39 is 28.1 Å². The molecule has 0 saturated carbocycles. The largest absolute Gasteiger partial charge is 0.445 e. The molecule has 3 aliphatic rings. The monoisotopic (exact) mass is 534 g/mol. The van der Waals surface area contributed by atoms with E-state index in [4.69, 9.17) is 9.88 Å². The maximum atomic E-state index is 13.0. The Morgan fingerprint density at radius 1 is 0.921 bits per heavy atom. The number of hydrogen-bond acceptors (Lipinski definition) is 6. The van der Waals surface area contributed by atoms with E-state index >= 15 is 0 Å². The molecule has 38 heavy (non-hydrogen) atoms. The van der Waals surface area contributed by atoms with E-state index in [0.29, 0.717) is 11.6 Å². The van der Waals surface area contributed by atoms with Crippen molar-refractivity contribution in [2.75, 3.05) is 25.0 Å². The van der Waals surface area contributed by atoms with Crippen molar-refractivity contribution < 1.29 is 22.7 Å². The van der Waals surface area contributed by atoms with Crippen LogP contribution in [0, 0.1) is 5.92 Å². The fourth-order valence-electron chi connectivity index (χ4n) is 5.15. The number of fused-ring (bicyclic) bond motifs is 3. The topological polar surface area (TPSA) is 131 Å². The van der Waals surface area contributed by atoms with Gasteiger partial charge in [0, 0.05) is 17.8 Å². The fourth-order valence-corrected chi connectivity index (χ4v) is 5.71. The zero-order chi connectivity index (χ0) is 26.7. The summed E-state index contributed by atoms with van der Waals surface area (Å²) in [5.41, 5.74) is 2.25. The molecule has 3 aliphatic heterocycles. The number of nitrogens with zero attached hydrogens (tertiary/aromatic N) is 1. The molecule has 3 saturated heterocycles. The number of rotatable bonds is 7. The summed E-state index contributed by atoms with van der Waals surface area (Å²) >= 11 is 0. The maximum absolute atomic E-state index is 13.0. The van der Waals surface area contributed by atoms with Crippen LogP contribution >= 0.6 is 0 Å². The summed E-state index contributed by atoms with van der Waals surface area (Å²) in [6, 6.07) is 21.7. The Balaban J connectivity index is 1.34. The molecule has 9 nitrogen and oxygen atoms in total. The molecule has 3 aromatic rings. The van der Waals surface area contributed by atoms with Gasteiger partial charge >= 0.3 is 6.09 Å². The van der Waals surface area contributed by atoms with E-state index in [9.17, 15) is 18.0 Å². The van der Waals surface area contributed by atoms with Gasteiger partial charge in [0.2, 0.25) is 10.0 Å². The molecule has 3 fully saturated rings. The van der Waals surface area contributed by atoms with Gasteiger partial charge in [-0.2, -0.15) is 0 Å². The Bertz CT molecular complexity index is 1420. The summed E-state index contributed by atoms with van der Waals surface area (Å²) in [6.07, 6.45) is 1.49. The Labute approximate surface area is 222 Å². The number of amides is 2. The van der Waals surface area contributed by atoms with Gasteiger partial charge in [-0.1, -0.05) is 48.5 Å². The number of hydrogen-bond donors (Lipinski definition) is 3. The van der Waals surface area contributed by atoms with Crippen molar-refractivity contribution in [3.8, 4) is 0 Å². The molecule has 0 aliphatic carbocycles. The molecule has 4 N–H and O–H groups in total. The molecule has 2 atom stereocenters. The number of sulfonamides is 1. The molecule has 0 spiro atoms. The lowest BCUT2D eigenvalue weighted by Gasteiger charge is -2.43. The maximum Gasteiger partial charge on any atom is 0.408 e. The lowest BCUT2D eigenvalue weighted by molar-refractivity contribution is -0.0336. The SMILES string of the molecule is NS(=O)(=O)c1cccc(C(=O)Nc2cccc([C@@H](NC(=O)O[C@H]3CN4CCC3CC4)c3ccccc3)c2)c1. The van der Waals surface area contributed by atoms with E-state index in [1.807, 2.05) is 36.4 Å². The standard InChI is InChI=1S/C28H30N4O5S/c29-38(35,36)24-11-5-9-22(17-24)27(33)30-23-10-4-8-21(16-23)26(20-6-2-1-3-7-20)31-28(34)37-25-18-32-14-12-19(25)13-15-32/h1-11,16-17,19,25-26H,12-15,18H2,(H,30,33)(H,31,34)(H2,29,35,36)/t25-,26-/m0/s1. The van der Waals surface area contributed by atoms with Crippen molar-refractivity contribution in [3.63, 3.8) is 0 Å².